The van der Waals surface area contributed by atoms with Crippen LogP contribution in [0.15, 0.2) is 72.6 Å². The Hall–Kier alpha value is -3.07. The molecule has 3 aromatic carbocycles. The molecule has 0 amide bonds. The molecule has 43 heavy (non-hydrogen) atoms. The minimum Gasteiger partial charge on any atom is -0.512 e. The van der Waals surface area contributed by atoms with Gasteiger partial charge in [-0.05, 0) is 65.1 Å². The molecule has 2 fully saturated rings. The number of pyridine rings is 1. The van der Waals surface area contributed by atoms with Gasteiger partial charge in [0.15, 0.2) is 5.78 Å². The Balaban J connectivity index is 0.000000191. The Bertz CT molecular complexity index is 1600. The van der Waals surface area contributed by atoms with Crippen LogP contribution in [0.25, 0.3) is 45.0 Å². The van der Waals surface area contributed by atoms with Gasteiger partial charge in [-0.3, -0.25) is 4.79 Å². The van der Waals surface area contributed by atoms with Crippen LogP contribution in [-0.4, -0.2) is 15.9 Å². The van der Waals surface area contributed by atoms with Crippen molar-refractivity contribution in [3.8, 4) is 11.3 Å². The van der Waals surface area contributed by atoms with Crippen molar-refractivity contribution in [1.29, 1.82) is 0 Å². The number of aliphatic hydroxyl groups excluding tert-OH is 1. The number of carbonyl (C=O) groups is 1. The molecule has 0 unspecified atom stereocenters. The summed E-state index contributed by atoms with van der Waals surface area (Å²) < 4.78 is 0. The zero-order valence-corrected chi connectivity index (χ0v) is 27.0. The predicted octanol–water partition coefficient (Wildman–Crippen LogP) is 10.6. The van der Waals surface area contributed by atoms with Crippen molar-refractivity contribution in [2.24, 2.45) is 23.7 Å². The van der Waals surface area contributed by atoms with Crippen molar-refractivity contribution in [2.45, 2.75) is 72.6 Å². The predicted molar refractivity (Wildman–Crippen MR) is 177 cm³/mol. The number of nitrogens with zero attached hydrogens (tertiary/aromatic N) is 1. The van der Waals surface area contributed by atoms with Gasteiger partial charge < -0.3 is 10.1 Å². The molecule has 1 aromatic heterocycles. The standard InChI is InChI=1S/C21H12N.C17H28O2.CH4.Ir/c1-2-8-17-14(5-1)6-3-9-18(17)21-19-10-4-7-15-11-12-16(13-22-21)20(15)19;1-12-3-7-14(8-4-12)16(18)11-17(19)15-9-5-13(2)6-10-15;;/h1-8,10-13H;11-15,18H,3-10H2,1-2H3;1H4;/q-1;;;. The van der Waals surface area contributed by atoms with E-state index in [0.717, 1.165) is 61.6 Å². The Morgan fingerprint density at radius 3 is 2.16 bits per heavy atom. The van der Waals surface area contributed by atoms with Gasteiger partial charge in [0.1, 0.15) is 0 Å². The molecule has 4 heteroatoms. The van der Waals surface area contributed by atoms with E-state index in [1.165, 1.54) is 45.5 Å². The van der Waals surface area contributed by atoms with Gasteiger partial charge in [0.2, 0.25) is 0 Å². The molecule has 2 saturated carbocycles. The minimum atomic E-state index is 0. The number of rotatable bonds is 4. The fourth-order valence-corrected chi connectivity index (χ4v) is 6.84. The molecule has 7 rings (SSSR count). The molecule has 0 atom stereocenters. The number of hydrogen-bond acceptors (Lipinski definition) is 3. The maximum absolute atomic E-state index is 12.2. The van der Waals surface area contributed by atoms with Crippen LogP contribution in [0.5, 0.6) is 0 Å². The number of allylic oxidation sites excluding steroid dienone is 2. The Kier molecular flexibility index (Phi) is 11.2. The van der Waals surface area contributed by atoms with Crippen molar-refractivity contribution in [3.05, 3.63) is 89.8 Å². The third-order valence-corrected chi connectivity index (χ3v) is 9.52. The van der Waals surface area contributed by atoms with Crippen molar-refractivity contribution >= 4 is 39.5 Å². The number of benzene rings is 3. The van der Waals surface area contributed by atoms with E-state index in [9.17, 15) is 9.90 Å². The fraction of sp³-hybridized carbons (Fsp3) is 0.385. The zero-order chi connectivity index (χ0) is 28.3. The molecule has 3 aliphatic carbocycles. The van der Waals surface area contributed by atoms with E-state index in [-0.39, 0.29) is 45.2 Å². The van der Waals surface area contributed by atoms with Crippen LogP contribution in [0.3, 0.4) is 0 Å². The molecule has 3 nitrogen and oxygen atoms in total. The first-order chi connectivity index (χ1) is 20.0. The largest absolute Gasteiger partial charge is 0.512 e. The first kappa shape index (κ1) is 32.8. The number of aromatic nitrogens is 1. The summed E-state index contributed by atoms with van der Waals surface area (Å²) >= 11 is 0. The van der Waals surface area contributed by atoms with Gasteiger partial charge in [0.05, 0.1) is 5.76 Å². The minimum absolute atomic E-state index is 0. The number of fused-ring (bicyclic) bond motifs is 1. The van der Waals surface area contributed by atoms with Gasteiger partial charge in [0, 0.05) is 44.2 Å². The monoisotopic (exact) mass is 751 g/mol. The molecule has 0 saturated heterocycles. The van der Waals surface area contributed by atoms with Crippen molar-refractivity contribution in [2.75, 3.05) is 0 Å². The third kappa shape index (κ3) is 7.19. The molecule has 1 radical (unpaired) electrons. The summed E-state index contributed by atoms with van der Waals surface area (Å²) in [5.41, 5.74) is 4.57. The van der Waals surface area contributed by atoms with E-state index < -0.39 is 0 Å². The Morgan fingerprint density at radius 2 is 1.44 bits per heavy atom. The maximum atomic E-state index is 12.2. The maximum Gasteiger partial charge on any atom is 0.162 e. The van der Waals surface area contributed by atoms with E-state index in [1.54, 1.807) is 6.08 Å². The number of hydrogen-bond donors (Lipinski definition) is 1. The summed E-state index contributed by atoms with van der Waals surface area (Å²) in [5, 5.41) is 15.1. The summed E-state index contributed by atoms with van der Waals surface area (Å²) in [6, 6.07) is 22.3. The van der Waals surface area contributed by atoms with Crippen LogP contribution in [-0.2, 0) is 24.9 Å². The molecule has 1 N–H and O–H groups in total. The molecule has 3 aliphatic rings. The molecule has 0 aliphatic heterocycles. The Morgan fingerprint density at radius 1 is 0.814 bits per heavy atom. The van der Waals surface area contributed by atoms with Crippen LogP contribution < -0.4 is 0 Å². The average molecular weight is 751 g/mol. The summed E-state index contributed by atoms with van der Waals surface area (Å²) in [6.07, 6.45) is 16.6. The van der Waals surface area contributed by atoms with E-state index in [4.69, 9.17) is 4.98 Å². The van der Waals surface area contributed by atoms with Crippen LogP contribution in [0.2, 0.25) is 0 Å². The van der Waals surface area contributed by atoms with Gasteiger partial charge in [-0.2, -0.15) is 0 Å². The summed E-state index contributed by atoms with van der Waals surface area (Å²) in [4.78, 5) is 16.9. The van der Waals surface area contributed by atoms with Gasteiger partial charge in [0.25, 0.3) is 0 Å². The van der Waals surface area contributed by atoms with Crippen molar-refractivity contribution in [1.82, 2.24) is 4.98 Å². The second kappa shape index (κ2) is 14.6. The molecule has 0 spiro atoms. The molecular formula is C39H44IrNO2-. The quantitative estimate of drug-likeness (QED) is 0.113. The third-order valence-electron chi connectivity index (χ3n) is 9.52. The first-order valence-electron chi connectivity index (χ1n) is 15.4. The number of carbonyl (C=O) groups excluding carboxylic acids is 1. The van der Waals surface area contributed by atoms with Gasteiger partial charge in [-0.1, -0.05) is 107 Å². The summed E-state index contributed by atoms with van der Waals surface area (Å²) in [7, 11) is 0. The van der Waals surface area contributed by atoms with Crippen molar-refractivity contribution < 1.29 is 30.0 Å². The second-order valence-electron chi connectivity index (χ2n) is 12.5. The second-order valence-corrected chi connectivity index (χ2v) is 12.5. The first-order valence-corrected chi connectivity index (χ1v) is 15.4. The molecule has 1 heterocycles. The Labute approximate surface area is 270 Å². The van der Waals surface area contributed by atoms with Gasteiger partial charge in [-0.25, -0.2) is 0 Å². The van der Waals surface area contributed by atoms with Crippen LogP contribution in [0, 0.1) is 29.7 Å². The number of ketones is 1. The van der Waals surface area contributed by atoms with E-state index in [2.05, 4.69) is 80.6 Å². The van der Waals surface area contributed by atoms with Gasteiger partial charge in [-0.15, -0.1) is 29.1 Å². The summed E-state index contributed by atoms with van der Waals surface area (Å²) in [5.74, 6) is 2.48. The zero-order valence-electron chi connectivity index (χ0n) is 24.6. The smallest absolute Gasteiger partial charge is 0.162 e. The topological polar surface area (TPSA) is 50.2 Å². The molecular weight excluding hydrogens is 707 g/mol. The molecule has 227 valence electrons. The van der Waals surface area contributed by atoms with Crippen molar-refractivity contribution in [3.63, 3.8) is 0 Å². The normalized spacial score (nSPS) is 22.7. The van der Waals surface area contributed by atoms with Crippen LogP contribution in [0.1, 0.15) is 83.8 Å². The van der Waals surface area contributed by atoms with Crippen LogP contribution >= 0.6 is 0 Å². The SMILES string of the molecule is C.CC1CCC(C(=O)C=C(O)C2CCC(C)CC2)CC1.[Ir].[c-]1ccc2ccccc2c1-c1ncc2c3c(cccc13)C=C2. The molecule has 4 aromatic rings. The van der Waals surface area contributed by atoms with Crippen LogP contribution in [0.4, 0.5) is 0 Å². The van der Waals surface area contributed by atoms with Gasteiger partial charge >= 0.3 is 0 Å². The fourth-order valence-electron chi connectivity index (χ4n) is 6.84. The van der Waals surface area contributed by atoms with E-state index >= 15 is 0 Å². The van der Waals surface area contributed by atoms with E-state index in [1.807, 2.05) is 12.3 Å². The van der Waals surface area contributed by atoms with E-state index in [0.29, 0.717) is 5.76 Å². The molecule has 0 bridgehead atoms. The number of aliphatic hydroxyl groups is 1. The summed E-state index contributed by atoms with van der Waals surface area (Å²) in [6.45, 7) is 4.53. The average Bonchev–Trinajstić information content (AvgIpc) is 3.43.